The second-order valence-electron chi connectivity index (χ2n) is 9.98. The van der Waals surface area contributed by atoms with E-state index in [0.717, 1.165) is 5.69 Å². The van der Waals surface area contributed by atoms with E-state index in [1.54, 1.807) is 33.8 Å². The number of likely N-dealkylation sites (tertiary alicyclic amines) is 1. The molecule has 200 valence electrons. The second-order valence-corrected chi connectivity index (χ2v) is 9.98. The fourth-order valence-electron chi connectivity index (χ4n) is 5.60. The van der Waals surface area contributed by atoms with Crippen molar-refractivity contribution in [1.82, 2.24) is 14.7 Å². The normalized spacial score (nSPS) is 19.2. The molecule has 3 saturated heterocycles. The predicted molar refractivity (Wildman–Crippen MR) is 139 cm³/mol. The maximum absolute atomic E-state index is 13.9. The van der Waals surface area contributed by atoms with Gasteiger partial charge in [-0.25, -0.2) is 0 Å². The summed E-state index contributed by atoms with van der Waals surface area (Å²) in [6, 6.07) is 14.1. The van der Waals surface area contributed by atoms with E-state index in [2.05, 4.69) is 4.90 Å². The number of nitro benzene ring substituents is 1. The standard InChI is InChI=1S/C27H31N5O6/c1-20-7-8-21(17-23(20)32(36)37)25(34)29-11-9-27(10-12-29)26(35)30(18-24(33)28-13-15-38-16-14-28)19-31(27)22-5-3-2-4-6-22/h2-8,17H,9-16,18-19H2,1H3. The van der Waals surface area contributed by atoms with Gasteiger partial charge in [-0.2, -0.15) is 0 Å². The van der Waals surface area contributed by atoms with Gasteiger partial charge in [0.15, 0.2) is 0 Å². The topological polar surface area (TPSA) is 117 Å². The molecule has 0 bridgehead atoms. The Labute approximate surface area is 220 Å². The molecule has 11 heteroatoms. The third-order valence-corrected chi connectivity index (χ3v) is 7.80. The molecule has 0 saturated carbocycles. The largest absolute Gasteiger partial charge is 0.378 e. The Balaban J connectivity index is 1.35. The van der Waals surface area contributed by atoms with Crippen LogP contribution in [0.3, 0.4) is 0 Å². The van der Waals surface area contributed by atoms with E-state index >= 15 is 0 Å². The van der Waals surface area contributed by atoms with Gasteiger partial charge >= 0.3 is 0 Å². The van der Waals surface area contributed by atoms with Crippen molar-refractivity contribution in [3.63, 3.8) is 0 Å². The van der Waals surface area contributed by atoms with Gasteiger partial charge in [-0.15, -0.1) is 0 Å². The van der Waals surface area contributed by atoms with Crippen LogP contribution >= 0.6 is 0 Å². The Morgan fingerprint density at radius 3 is 2.34 bits per heavy atom. The van der Waals surface area contributed by atoms with Crippen LogP contribution in [0.25, 0.3) is 0 Å². The van der Waals surface area contributed by atoms with Gasteiger partial charge in [-0.3, -0.25) is 24.5 Å². The molecule has 11 nitrogen and oxygen atoms in total. The van der Waals surface area contributed by atoms with E-state index in [4.69, 9.17) is 4.74 Å². The Morgan fingerprint density at radius 1 is 1.00 bits per heavy atom. The van der Waals surface area contributed by atoms with E-state index in [1.807, 2.05) is 30.3 Å². The zero-order chi connectivity index (χ0) is 26.9. The SMILES string of the molecule is Cc1ccc(C(=O)N2CCC3(CC2)C(=O)N(CC(=O)N2CCOCC2)CN3c2ccccc2)cc1[N+](=O)[O-]. The maximum atomic E-state index is 13.9. The number of ether oxygens (including phenoxy) is 1. The molecule has 3 aliphatic heterocycles. The maximum Gasteiger partial charge on any atom is 0.273 e. The lowest BCUT2D eigenvalue weighted by molar-refractivity contribution is -0.385. The Bertz CT molecular complexity index is 1240. The van der Waals surface area contributed by atoms with Gasteiger partial charge in [-0.05, 0) is 38.0 Å². The number of amides is 3. The summed E-state index contributed by atoms with van der Waals surface area (Å²) < 4.78 is 5.34. The summed E-state index contributed by atoms with van der Waals surface area (Å²) in [6.07, 6.45) is 0.783. The van der Waals surface area contributed by atoms with Gasteiger partial charge in [0.25, 0.3) is 17.5 Å². The molecule has 5 rings (SSSR count). The van der Waals surface area contributed by atoms with Crippen molar-refractivity contribution in [3.8, 4) is 0 Å². The second kappa shape index (κ2) is 10.4. The third-order valence-electron chi connectivity index (χ3n) is 7.80. The molecular formula is C27H31N5O6. The molecule has 0 aromatic heterocycles. The van der Waals surface area contributed by atoms with E-state index < -0.39 is 10.5 Å². The summed E-state index contributed by atoms with van der Waals surface area (Å²) in [5.74, 6) is -0.500. The quantitative estimate of drug-likeness (QED) is 0.437. The zero-order valence-corrected chi connectivity index (χ0v) is 21.4. The Morgan fingerprint density at radius 2 is 1.68 bits per heavy atom. The number of anilines is 1. The summed E-state index contributed by atoms with van der Waals surface area (Å²) in [7, 11) is 0. The number of carbonyl (C=O) groups excluding carboxylic acids is 3. The number of hydrogen-bond donors (Lipinski definition) is 0. The molecular weight excluding hydrogens is 490 g/mol. The van der Waals surface area contributed by atoms with Crippen molar-refractivity contribution in [3.05, 3.63) is 69.8 Å². The van der Waals surface area contributed by atoms with Crippen molar-refractivity contribution in [2.75, 3.05) is 57.5 Å². The summed E-state index contributed by atoms with van der Waals surface area (Å²) in [6.45, 7) is 4.58. The molecule has 2 aromatic rings. The number of nitro groups is 1. The highest BCUT2D eigenvalue weighted by Gasteiger charge is 2.54. The molecule has 3 amide bonds. The minimum atomic E-state index is -0.872. The first-order chi connectivity index (χ1) is 18.3. The lowest BCUT2D eigenvalue weighted by atomic mass is 9.85. The number of aryl methyl sites for hydroxylation is 1. The van der Waals surface area contributed by atoms with Crippen molar-refractivity contribution in [1.29, 1.82) is 0 Å². The smallest absolute Gasteiger partial charge is 0.273 e. The van der Waals surface area contributed by atoms with Gasteiger partial charge in [-0.1, -0.05) is 24.3 Å². The van der Waals surface area contributed by atoms with Crippen LogP contribution in [-0.4, -0.2) is 95.5 Å². The molecule has 3 heterocycles. The summed E-state index contributed by atoms with van der Waals surface area (Å²) in [4.78, 5) is 58.0. The first kappa shape index (κ1) is 25.7. The van der Waals surface area contributed by atoms with E-state index in [-0.39, 0.29) is 42.2 Å². The van der Waals surface area contributed by atoms with Crippen LogP contribution in [0, 0.1) is 17.0 Å². The van der Waals surface area contributed by atoms with Crippen molar-refractivity contribution in [2.45, 2.75) is 25.3 Å². The molecule has 38 heavy (non-hydrogen) atoms. The number of piperidine rings is 1. The molecule has 0 radical (unpaired) electrons. The highest BCUT2D eigenvalue weighted by Crippen LogP contribution is 2.40. The highest BCUT2D eigenvalue weighted by molar-refractivity contribution is 5.98. The molecule has 2 aromatic carbocycles. The number of carbonyl (C=O) groups is 3. The van der Waals surface area contributed by atoms with Gasteiger partial charge < -0.3 is 24.3 Å². The van der Waals surface area contributed by atoms with Crippen LogP contribution in [0.1, 0.15) is 28.8 Å². The molecule has 0 atom stereocenters. The average molecular weight is 522 g/mol. The van der Waals surface area contributed by atoms with Crippen LogP contribution in [-0.2, 0) is 14.3 Å². The molecule has 3 aliphatic rings. The fraction of sp³-hybridized carbons (Fsp3) is 0.444. The van der Waals surface area contributed by atoms with Gasteiger partial charge in [0, 0.05) is 49.1 Å². The molecule has 0 N–H and O–H groups in total. The lowest BCUT2D eigenvalue weighted by Gasteiger charge is -2.43. The monoisotopic (exact) mass is 521 g/mol. The van der Waals surface area contributed by atoms with Crippen molar-refractivity contribution < 1.29 is 24.0 Å². The van der Waals surface area contributed by atoms with Crippen LogP contribution in [0.5, 0.6) is 0 Å². The van der Waals surface area contributed by atoms with Crippen LogP contribution in [0.2, 0.25) is 0 Å². The Kier molecular flexibility index (Phi) is 7.02. The van der Waals surface area contributed by atoms with Gasteiger partial charge in [0.2, 0.25) is 5.91 Å². The minimum absolute atomic E-state index is 0.000401. The number of para-hydroxylation sites is 1. The summed E-state index contributed by atoms with van der Waals surface area (Å²) in [5.41, 5.74) is 0.671. The molecule has 0 aliphatic carbocycles. The highest BCUT2D eigenvalue weighted by atomic mass is 16.6. The number of benzene rings is 2. The van der Waals surface area contributed by atoms with E-state index in [9.17, 15) is 24.5 Å². The van der Waals surface area contributed by atoms with E-state index in [1.165, 1.54) is 6.07 Å². The minimum Gasteiger partial charge on any atom is -0.378 e. The number of morpholine rings is 1. The van der Waals surface area contributed by atoms with Gasteiger partial charge in [0.1, 0.15) is 12.1 Å². The number of rotatable bonds is 5. The van der Waals surface area contributed by atoms with Crippen LogP contribution < -0.4 is 4.90 Å². The Hall–Kier alpha value is -3.99. The van der Waals surface area contributed by atoms with E-state index in [0.29, 0.717) is 57.8 Å². The number of hydrogen-bond acceptors (Lipinski definition) is 7. The first-order valence-corrected chi connectivity index (χ1v) is 12.8. The van der Waals surface area contributed by atoms with Crippen molar-refractivity contribution in [2.24, 2.45) is 0 Å². The predicted octanol–water partition coefficient (Wildman–Crippen LogP) is 2.04. The van der Waals surface area contributed by atoms with Crippen molar-refractivity contribution >= 4 is 29.1 Å². The third kappa shape index (κ3) is 4.69. The summed E-state index contributed by atoms with van der Waals surface area (Å²) in [5, 5.41) is 11.4. The lowest BCUT2D eigenvalue weighted by Crippen LogP contribution is -2.57. The molecule has 1 spiro atoms. The first-order valence-electron chi connectivity index (χ1n) is 12.8. The molecule has 0 unspecified atom stereocenters. The number of nitrogens with zero attached hydrogens (tertiary/aromatic N) is 5. The van der Waals surface area contributed by atoms with Crippen LogP contribution in [0.4, 0.5) is 11.4 Å². The molecule has 3 fully saturated rings. The fourth-order valence-corrected chi connectivity index (χ4v) is 5.60. The summed E-state index contributed by atoms with van der Waals surface area (Å²) >= 11 is 0. The van der Waals surface area contributed by atoms with Crippen LogP contribution in [0.15, 0.2) is 48.5 Å². The zero-order valence-electron chi connectivity index (χ0n) is 21.4. The average Bonchev–Trinajstić information content (AvgIpc) is 3.20. The van der Waals surface area contributed by atoms with Gasteiger partial charge in [0.05, 0.1) is 24.8 Å².